The lowest BCUT2D eigenvalue weighted by molar-refractivity contribution is -0.116. The maximum Gasteiger partial charge on any atom is 0.283 e. The second-order valence-corrected chi connectivity index (χ2v) is 7.12. The molecule has 0 unspecified atom stereocenters. The Morgan fingerprint density at radius 1 is 1.10 bits per heavy atom. The van der Waals surface area contributed by atoms with E-state index in [1.807, 2.05) is 55.5 Å². The third-order valence-corrected chi connectivity index (χ3v) is 5.04. The number of nitrogens with zero attached hydrogens (tertiary/aromatic N) is 4. The van der Waals surface area contributed by atoms with Crippen molar-refractivity contribution >= 4 is 27.8 Å². The molecule has 3 heterocycles. The Bertz CT molecular complexity index is 1440. The first-order valence-corrected chi connectivity index (χ1v) is 9.47. The molecule has 2 aromatic carbocycles. The summed E-state index contributed by atoms with van der Waals surface area (Å²) in [6, 6.07) is 15.5. The first-order chi connectivity index (χ1) is 14.6. The molecule has 8 nitrogen and oxygen atoms in total. The van der Waals surface area contributed by atoms with Crippen molar-refractivity contribution < 1.29 is 4.79 Å². The van der Waals surface area contributed by atoms with Crippen LogP contribution in [0.15, 0.2) is 72.0 Å². The van der Waals surface area contributed by atoms with Crippen LogP contribution in [0.1, 0.15) is 11.1 Å². The van der Waals surface area contributed by atoms with Gasteiger partial charge in [0.15, 0.2) is 5.65 Å². The Kier molecular flexibility index (Phi) is 4.17. The Labute approximate surface area is 170 Å². The number of nitrogens with one attached hydrogen (secondary N) is 2. The number of aryl methyl sites for hydroxylation is 1. The lowest BCUT2D eigenvalue weighted by Crippen LogP contribution is -2.34. The summed E-state index contributed by atoms with van der Waals surface area (Å²) < 4.78 is 2.70. The van der Waals surface area contributed by atoms with Crippen molar-refractivity contribution in [3.8, 4) is 5.69 Å². The molecule has 0 spiro atoms. The quantitative estimate of drug-likeness (QED) is 0.486. The second kappa shape index (κ2) is 7.00. The predicted molar refractivity (Wildman–Crippen MR) is 114 cm³/mol. The van der Waals surface area contributed by atoms with Gasteiger partial charge in [0.1, 0.15) is 11.7 Å². The monoisotopic (exact) mass is 398 g/mol. The SMILES string of the molecule is Cc1ccc(-n2ncc3c(=O)n(NC(=O)Cc4c[nH]c5ccccc45)cnc32)cc1. The van der Waals surface area contributed by atoms with Crippen molar-refractivity contribution in [3.63, 3.8) is 0 Å². The van der Waals surface area contributed by atoms with Crippen molar-refractivity contribution in [1.29, 1.82) is 0 Å². The Morgan fingerprint density at radius 2 is 1.90 bits per heavy atom. The molecule has 0 aliphatic carbocycles. The van der Waals surface area contributed by atoms with E-state index >= 15 is 0 Å². The molecule has 1 amide bonds. The van der Waals surface area contributed by atoms with E-state index < -0.39 is 0 Å². The van der Waals surface area contributed by atoms with E-state index in [4.69, 9.17) is 0 Å². The average molecular weight is 398 g/mol. The van der Waals surface area contributed by atoms with Crippen LogP contribution in [0.2, 0.25) is 0 Å². The van der Waals surface area contributed by atoms with Crippen molar-refractivity contribution in [2.75, 3.05) is 5.43 Å². The number of hydrogen-bond donors (Lipinski definition) is 2. The normalized spacial score (nSPS) is 11.2. The Morgan fingerprint density at radius 3 is 2.73 bits per heavy atom. The van der Waals surface area contributed by atoms with Gasteiger partial charge in [0.05, 0.1) is 18.3 Å². The third-order valence-electron chi connectivity index (χ3n) is 5.04. The van der Waals surface area contributed by atoms with Crippen LogP contribution in [0.4, 0.5) is 0 Å². The standard InChI is InChI=1S/C22H18N6O2/c1-14-6-8-16(9-7-14)28-21-18(12-25-28)22(30)27(13-24-21)26-20(29)10-15-11-23-19-5-3-2-4-17(15)19/h2-9,11-13,23H,10H2,1H3,(H,26,29). The number of H-pyrrole nitrogens is 1. The summed E-state index contributed by atoms with van der Waals surface area (Å²) in [4.78, 5) is 32.8. The molecular weight excluding hydrogens is 380 g/mol. The van der Waals surface area contributed by atoms with Gasteiger partial charge in [0.2, 0.25) is 5.91 Å². The maximum absolute atomic E-state index is 12.8. The van der Waals surface area contributed by atoms with Gasteiger partial charge in [-0.3, -0.25) is 15.0 Å². The Hall–Kier alpha value is -4.20. The molecular formula is C22H18N6O2. The highest BCUT2D eigenvalue weighted by atomic mass is 16.2. The fourth-order valence-corrected chi connectivity index (χ4v) is 3.49. The van der Waals surface area contributed by atoms with Gasteiger partial charge in [-0.2, -0.15) is 5.10 Å². The van der Waals surface area contributed by atoms with Gasteiger partial charge in [-0.25, -0.2) is 14.3 Å². The predicted octanol–water partition coefficient (Wildman–Crippen LogP) is 2.68. The molecule has 2 N–H and O–H groups in total. The van der Waals surface area contributed by atoms with Crippen LogP contribution in [0.3, 0.4) is 0 Å². The first-order valence-electron chi connectivity index (χ1n) is 9.47. The lowest BCUT2D eigenvalue weighted by Gasteiger charge is -2.08. The highest BCUT2D eigenvalue weighted by Crippen LogP contribution is 2.18. The zero-order valence-corrected chi connectivity index (χ0v) is 16.2. The fourth-order valence-electron chi connectivity index (χ4n) is 3.49. The molecule has 30 heavy (non-hydrogen) atoms. The van der Waals surface area contributed by atoms with Crippen LogP contribution in [-0.4, -0.2) is 30.3 Å². The van der Waals surface area contributed by atoms with Gasteiger partial charge in [-0.05, 0) is 30.7 Å². The fraction of sp³-hybridized carbons (Fsp3) is 0.0909. The van der Waals surface area contributed by atoms with Gasteiger partial charge in [-0.1, -0.05) is 35.9 Å². The van der Waals surface area contributed by atoms with Crippen molar-refractivity contribution in [2.45, 2.75) is 13.3 Å². The van der Waals surface area contributed by atoms with Crippen LogP contribution in [0.5, 0.6) is 0 Å². The van der Waals surface area contributed by atoms with Gasteiger partial charge in [0.25, 0.3) is 5.56 Å². The van der Waals surface area contributed by atoms with E-state index in [2.05, 4.69) is 20.5 Å². The molecule has 8 heteroatoms. The Balaban J connectivity index is 1.42. The molecule has 0 radical (unpaired) electrons. The number of fused-ring (bicyclic) bond motifs is 2. The van der Waals surface area contributed by atoms with E-state index in [-0.39, 0.29) is 17.9 Å². The lowest BCUT2D eigenvalue weighted by atomic mass is 10.1. The smallest absolute Gasteiger partial charge is 0.283 e. The van der Waals surface area contributed by atoms with Gasteiger partial charge in [0, 0.05) is 17.1 Å². The molecule has 5 rings (SSSR count). The number of aromatic nitrogens is 5. The molecule has 0 bridgehead atoms. The number of carbonyl (C=O) groups excluding carboxylic acids is 1. The van der Waals surface area contributed by atoms with E-state index in [1.165, 1.54) is 12.5 Å². The first kappa shape index (κ1) is 17.9. The molecule has 0 aliphatic rings. The van der Waals surface area contributed by atoms with Crippen molar-refractivity contribution in [1.82, 2.24) is 24.4 Å². The minimum Gasteiger partial charge on any atom is -0.361 e. The number of aromatic amines is 1. The summed E-state index contributed by atoms with van der Waals surface area (Å²) in [5, 5.41) is 5.60. The number of carbonyl (C=O) groups is 1. The van der Waals surface area contributed by atoms with E-state index in [9.17, 15) is 9.59 Å². The molecule has 0 atom stereocenters. The zero-order valence-electron chi connectivity index (χ0n) is 16.2. The van der Waals surface area contributed by atoms with Crippen LogP contribution in [-0.2, 0) is 11.2 Å². The molecule has 0 saturated carbocycles. The number of rotatable bonds is 4. The third kappa shape index (κ3) is 3.04. The summed E-state index contributed by atoms with van der Waals surface area (Å²) in [5.74, 6) is -0.311. The molecule has 0 aliphatic heterocycles. The molecule has 3 aromatic heterocycles. The van der Waals surface area contributed by atoms with Crippen LogP contribution < -0.4 is 11.0 Å². The largest absolute Gasteiger partial charge is 0.361 e. The van der Waals surface area contributed by atoms with E-state index in [0.29, 0.717) is 11.0 Å². The summed E-state index contributed by atoms with van der Waals surface area (Å²) >= 11 is 0. The van der Waals surface area contributed by atoms with E-state index in [1.54, 1.807) is 10.9 Å². The van der Waals surface area contributed by atoms with Crippen LogP contribution in [0, 0.1) is 6.92 Å². The topological polar surface area (TPSA) is 97.6 Å². The van der Waals surface area contributed by atoms with E-state index in [0.717, 1.165) is 32.4 Å². The minimum absolute atomic E-state index is 0.136. The molecule has 0 saturated heterocycles. The minimum atomic E-state index is -0.384. The summed E-state index contributed by atoms with van der Waals surface area (Å²) in [7, 11) is 0. The molecule has 0 fully saturated rings. The van der Waals surface area contributed by atoms with Crippen LogP contribution in [0.25, 0.3) is 27.6 Å². The number of para-hydroxylation sites is 1. The maximum atomic E-state index is 12.8. The van der Waals surface area contributed by atoms with Crippen molar-refractivity contribution in [2.24, 2.45) is 0 Å². The second-order valence-electron chi connectivity index (χ2n) is 7.12. The van der Waals surface area contributed by atoms with Crippen LogP contribution >= 0.6 is 0 Å². The van der Waals surface area contributed by atoms with Gasteiger partial charge in [-0.15, -0.1) is 0 Å². The van der Waals surface area contributed by atoms with Gasteiger partial charge >= 0.3 is 0 Å². The summed E-state index contributed by atoms with van der Waals surface area (Å²) in [6.07, 6.45) is 4.72. The number of hydrogen-bond acceptors (Lipinski definition) is 4. The highest BCUT2D eigenvalue weighted by molar-refractivity contribution is 5.92. The zero-order chi connectivity index (χ0) is 20.7. The average Bonchev–Trinajstić information content (AvgIpc) is 3.36. The van der Waals surface area contributed by atoms with Crippen molar-refractivity contribution in [3.05, 3.63) is 88.7 Å². The molecule has 148 valence electrons. The summed E-state index contributed by atoms with van der Waals surface area (Å²) in [6.45, 7) is 2.00. The van der Waals surface area contributed by atoms with Gasteiger partial charge < -0.3 is 4.98 Å². The number of benzene rings is 2. The summed E-state index contributed by atoms with van der Waals surface area (Å²) in [5.41, 5.74) is 6.42. The highest BCUT2D eigenvalue weighted by Gasteiger charge is 2.14. The molecule has 5 aromatic rings. The number of amides is 1.